The molecule has 0 fully saturated rings. The summed E-state index contributed by atoms with van der Waals surface area (Å²) in [7, 11) is 1.57. The van der Waals surface area contributed by atoms with Gasteiger partial charge in [0.2, 0.25) is 16.3 Å². The Labute approximate surface area is 194 Å². The van der Waals surface area contributed by atoms with Gasteiger partial charge in [0, 0.05) is 5.56 Å². The Hall–Kier alpha value is -3.72. The van der Waals surface area contributed by atoms with E-state index in [-0.39, 0.29) is 16.9 Å². The van der Waals surface area contributed by atoms with Gasteiger partial charge in [-0.1, -0.05) is 37.3 Å². The van der Waals surface area contributed by atoms with E-state index >= 15 is 0 Å². The number of aromatic nitrogens is 2. The molecule has 0 bridgehead atoms. The van der Waals surface area contributed by atoms with Gasteiger partial charge in [0.1, 0.15) is 16.3 Å². The normalized spacial score (nSPS) is 11.8. The molecule has 1 atom stereocenters. The molecule has 2 aromatic carbocycles. The molecule has 1 unspecified atom stereocenters. The van der Waals surface area contributed by atoms with E-state index in [1.54, 1.807) is 62.6 Å². The van der Waals surface area contributed by atoms with Crippen molar-refractivity contribution in [1.82, 2.24) is 10.2 Å². The summed E-state index contributed by atoms with van der Waals surface area (Å²) in [5.41, 5.74) is 0.706. The van der Waals surface area contributed by atoms with Gasteiger partial charge >= 0.3 is 0 Å². The van der Waals surface area contributed by atoms with Crippen molar-refractivity contribution in [2.75, 3.05) is 12.4 Å². The lowest BCUT2D eigenvalue weighted by Gasteiger charge is -2.18. The molecule has 0 spiro atoms. The topological polar surface area (TPSA) is 104 Å². The van der Waals surface area contributed by atoms with E-state index in [0.29, 0.717) is 33.8 Å². The minimum atomic E-state index is -0.931. The highest BCUT2D eigenvalue weighted by Crippen LogP contribution is 2.33. The number of nitrogens with one attached hydrogen (secondary N) is 1. The number of hydrogen-bond donors (Lipinski definition) is 1. The molecule has 4 rings (SSSR count). The van der Waals surface area contributed by atoms with Crippen LogP contribution in [0.3, 0.4) is 0 Å². The van der Waals surface area contributed by atoms with Crippen LogP contribution < -0.4 is 20.2 Å². The summed E-state index contributed by atoms with van der Waals surface area (Å²) in [4.78, 5) is 26.3. The molecule has 170 valence electrons. The average Bonchev–Trinajstić information content (AvgIpc) is 3.31. The van der Waals surface area contributed by atoms with Gasteiger partial charge in [0.05, 0.1) is 12.5 Å². The summed E-state index contributed by atoms with van der Waals surface area (Å²) >= 11 is 1.30. The number of amides is 1. The molecule has 2 aromatic heterocycles. The highest BCUT2D eigenvalue weighted by molar-refractivity contribution is 7.15. The molecule has 33 heavy (non-hydrogen) atoms. The number of anilines is 1. The maximum absolute atomic E-state index is 13.4. The number of carbonyl (C=O) groups excluding carboxylic acids is 1. The first-order chi connectivity index (χ1) is 16.0. The maximum Gasteiger partial charge on any atom is 0.267 e. The zero-order valence-corrected chi connectivity index (χ0v) is 19.3. The summed E-state index contributed by atoms with van der Waals surface area (Å²) in [6, 6.07) is 14.0. The summed E-state index contributed by atoms with van der Waals surface area (Å²) < 4.78 is 17.3. The lowest BCUT2D eigenvalue weighted by atomic mass is 10.1. The van der Waals surface area contributed by atoms with Gasteiger partial charge in [-0.05, 0) is 49.2 Å². The van der Waals surface area contributed by atoms with E-state index in [2.05, 4.69) is 15.5 Å². The summed E-state index contributed by atoms with van der Waals surface area (Å²) in [5, 5.41) is 12.3. The molecule has 1 amide bonds. The van der Waals surface area contributed by atoms with Gasteiger partial charge in [-0.2, -0.15) is 0 Å². The van der Waals surface area contributed by atoms with E-state index in [9.17, 15) is 9.59 Å². The third-order valence-electron chi connectivity index (χ3n) is 5.03. The maximum atomic E-state index is 13.4. The van der Waals surface area contributed by atoms with Crippen molar-refractivity contribution in [2.24, 2.45) is 0 Å². The number of benzene rings is 2. The number of para-hydroxylation sites is 1. The van der Waals surface area contributed by atoms with Crippen molar-refractivity contribution in [3.63, 3.8) is 0 Å². The third kappa shape index (κ3) is 4.73. The predicted molar refractivity (Wildman–Crippen MR) is 127 cm³/mol. The van der Waals surface area contributed by atoms with Crippen LogP contribution >= 0.6 is 11.3 Å². The quantitative estimate of drug-likeness (QED) is 0.403. The van der Waals surface area contributed by atoms with E-state index in [1.807, 2.05) is 6.92 Å². The van der Waals surface area contributed by atoms with Gasteiger partial charge in [-0.25, -0.2) is 0 Å². The molecule has 0 aliphatic rings. The summed E-state index contributed by atoms with van der Waals surface area (Å²) in [5.74, 6) is 0.479. The SMILES string of the molecule is CCc1nnc(NC(=O)C(CC)Oc2c(-c3ccc(OC)cc3)oc3ccccc3c2=O)s1. The van der Waals surface area contributed by atoms with E-state index in [1.165, 1.54) is 11.3 Å². The molecule has 8 nitrogen and oxygen atoms in total. The smallest absolute Gasteiger partial charge is 0.267 e. The zero-order valence-electron chi connectivity index (χ0n) is 18.5. The van der Waals surface area contributed by atoms with Crippen LogP contribution in [0.1, 0.15) is 25.3 Å². The van der Waals surface area contributed by atoms with Crippen molar-refractivity contribution < 1.29 is 18.7 Å². The number of hydrogen-bond acceptors (Lipinski definition) is 8. The monoisotopic (exact) mass is 465 g/mol. The Morgan fingerprint density at radius 3 is 2.55 bits per heavy atom. The Morgan fingerprint density at radius 2 is 1.88 bits per heavy atom. The van der Waals surface area contributed by atoms with Crippen molar-refractivity contribution in [1.29, 1.82) is 0 Å². The first-order valence-corrected chi connectivity index (χ1v) is 11.4. The Balaban J connectivity index is 1.73. The van der Waals surface area contributed by atoms with Gasteiger partial charge in [0.25, 0.3) is 5.91 Å². The van der Waals surface area contributed by atoms with Crippen LogP contribution in [0.2, 0.25) is 0 Å². The van der Waals surface area contributed by atoms with Crippen molar-refractivity contribution in [3.8, 4) is 22.8 Å². The van der Waals surface area contributed by atoms with E-state index in [4.69, 9.17) is 13.9 Å². The second-order valence-electron chi connectivity index (χ2n) is 7.17. The first kappa shape index (κ1) is 22.5. The van der Waals surface area contributed by atoms with Crippen LogP contribution in [0.4, 0.5) is 5.13 Å². The number of fused-ring (bicyclic) bond motifs is 1. The largest absolute Gasteiger partial charge is 0.497 e. The fourth-order valence-corrected chi connectivity index (χ4v) is 3.94. The minimum Gasteiger partial charge on any atom is -0.497 e. The molecule has 9 heteroatoms. The predicted octanol–water partition coefficient (Wildman–Crippen LogP) is 4.68. The zero-order chi connectivity index (χ0) is 23.4. The van der Waals surface area contributed by atoms with Crippen LogP contribution in [-0.4, -0.2) is 29.3 Å². The summed E-state index contributed by atoms with van der Waals surface area (Å²) in [6.07, 6.45) is 0.129. The highest BCUT2D eigenvalue weighted by atomic mass is 32.1. The van der Waals surface area contributed by atoms with E-state index < -0.39 is 12.0 Å². The lowest BCUT2D eigenvalue weighted by Crippen LogP contribution is -2.34. The lowest BCUT2D eigenvalue weighted by molar-refractivity contribution is -0.122. The molecule has 0 radical (unpaired) electrons. The van der Waals surface area contributed by atoms with Crippen LogP contribution in [0.25, 0.3) is 22.3 Å². The highest BCUT2D eigenvalue weighted by Gasteiger charge is 2.25. The fraction of sp³-hybridized carbons (Fsp3) is 0.250. The van der Waals surface area contributed by atoms with Crippen LogP contribution in [0.15, 0.2) is 57.7 Å². The van der Waals surface area contributed by atoms with Crippen LogP contribution in [0, 0.1) is 0 Å². The number of aryl methyl sites for hydroxylation is 1. The Kier molecular flexibility index (Phi) is 6.69. The Bertz CT molecular complexity index is 1330. The third-order valence-corrected chi connectivity index (χ3v) is 6.01. The number of carbonyl (C=O) groups is 1. The Morgan fingerprint density at radius 1 is 1.12 bits per heavy atom. The van der Waals surface area contributed by atoms with Gasteiger partial charge < -0.3 is 13.9 Å². The standard InChI is InChI=1S/C24H23N3O5S/c1-4-17(23(29)25-24-27-26-19(5-2)33-24)31-22-20(28)16-8-6-7-9-18(16)32-21(22)14-10-12-15(30-3)13-11-14/h6-13,17H,4-5H2,1-3H3,(H,25,27,29). The van der Waals surface area contributed by atoms with Crippen molar-refractivity contribution >= 4 is 33.3 Å². The van der Waals surface area contributed by atoms with Crippen LogP contribution in [-0.2, 0) is 11.2 Å². The number of ether oxygens (including phenoxy) is 2. The van der Waals surface area contributed by atoms with E-state index in [0.717, 1.165) is 11.4 Å². The van der Waals surface area contributed by atoms with Crippen molar-refractivity contribution in [2.45, 2.75) is 32.8 Å². The summed E-state index contributed by atoms with van der Waals surface area (Å²) in [6.45, 7) is 3.77. The number of methoxy groups -OCH3 is 1. The molecule has 1 N–H and O–H groups in total. The van der Waals surface area contributed by atoms with Crippen LogP contribution in [0.5, 0.6) is 11.5 Å². The molecule has 2 heterocycles. The van der Waals surface area contributed by atoms with Gasteiger partial charge in [-0.15, -0.1) is 10.2 Å². The molecule has 0 aliphatic carbocycles. The molecular weight excluding hydrogens is 442 g/mol. The number of nitrogens with zero attached hydrogens (tertiary/aromatic N) is 2. The second-order valence-corrected chi connectivity index (χ2v) is 8.23. The van der Waals surface area contributed by atoms with Gasteiger partial charge in [0.15, 0.2) is 11.9 Å². The molecule has 0 saturated carbocycles. The minimum absolute atomic E-state index is 0.0209. The molecule has 4 aromatic rings. The fourth-order valence-electron chi connectivity index (χ4n) is 3.26. The molecule has 0 saturated heterocycles. The average molecular weight is 466 g/mol. The second kappa shape index (κ2) is 9.83. The first-order valence-electron chi connectivity index (χ1n) is 10.5. The molecular formula is C24H23N3O5S. The molecule has 0 aliphatic heterocycles. The number of rotatable bonds is 8. The van der Waals surface area contributed by atoms with Gasteiger partial charge in [-0.3, -0.25) is 14.9 Å². The van der Waals surface area contributed by atoms with Crippen molar-refractivity contribution in [3.05, 3.63) is 63.8 Å².